The van der Waals surface area contributed by atoms with E-state index < -0.39 is 31.1 Å². The molecule has 2 N–H and O–H groups in total. The highest BCUT2D eigenvalue weighted by molar-refractivity contribution is 5.97. The van der Waals surface area contributed by atoms with Gasteiger partial charge >= 0.3 is 12.8 Å². The van der Waals surface area contributed by atoms with Crippen LogP contribution in [-0.2, 0) is 4.74 Å². The molecule has 0 saturated heterocycles. The van der Waals surface area contributed by atoms with Crippen molar-refractivity contribution in [1.29, 1.82) is 0 Å². The Labute approximate surface area is 187 Å². The number of aromatic nitrogens is 1. The van der Waals surface area contributed by atoms with Gasteiger partial charge in [0.2, 0.25) is 0 Å². The number of ether oxygens (including phenoxy) is 2. The third kappa shape index (κ3) is 6.29. The van der Waals surface area contributed by atoms with Crippen LogP contribution in [0.25, 0.3) is 10.9 Å². The smallest absolute Gasteiger partial charge is 0.419 e. The van der Waals surface area contributed by atoms with Gasteiger partial charge in [-0.25, -0.2) is 0 Å². The normalized spacial score (nSPS) is 21.1. The zero-order valence-electron chi connectivity index (χ0n) is 18.1. The molecule has 2 aromatic rings. The van der Waals surface area contributed by atoms with Gasteiger partial charge < -0.3 is 19.9 Å². The summed E-state index contributed by atoms with van der Waals surface area (Å²) in [6.45, 7) is -1.52. The third-order valence-electron chi connectivity index (χ3n) is 5.68. The van der Waals surface area contributed by atoms with Crippen LogP contribution in [0.2, 0.25) is 0 Å². The van der Waals surface area contributed by atoms with Gasteiger partial charge in [0.05, 0.1) is 23.8 Å². The van der Waals surface area contributed by atoms with Crippen molar-refractivity contribution in [2.75, 3.05) is 6.61 Å². The van der Waals surface area contributed by atoms with Gasteiger partial charge in [-0.1, -0.05) is 0 Å². The van der Waals surface area contributed by atoms with Crippen LogP contribution in [0.5, 0.6) is 5.75 Å². The second-order valence-corrected chi connectivity index (χ2v) is 8.44. The fraction of sp³-hybridized carbons (Fsp3) is 0.545. The highest BCUT2D eigenvalue weighted by Crippen LogP contribution is 2.32. The lowest BCUT2D eigenvalue weighted by molar-refractivity contribution is -0.271. The van der Waals surface area contributed by atoms with Crippen molar-refractivity contribution in [3.8, 4) is 5.75 Å². The molecule has 1 unspecified atom stereocenters. The summed E-state index contributed by atoms with van der Waals surface area (Å²) in [7, 11) is 0. The lowest BCUT2D eigenvalue weighted by Crippen LogP contribution is -2.47. The number of aliphatic hydroxyl groups is 1. The molecule has 33 heavy (non-hydrogen) atoms. The summed E-state index contributed by atoms with van der Waals surface area (Å²) in [6, 6.07) is 4.41. The van der Waals surface area contributed by atoms with Gasteiger partial charge in [0.1, 0.15) is 5.75 Å². The Bertz CT molecular complexity index is 989. The average Bonchev–Trinajstić information content (AvgIpc) is 2.72. The number of halogens is 5. The summed E-state index contributed by atoms with van der Waals surface area (Å²) in [5, 5.41) is 12.9. The summed E-state index contributed by atoms with van der Waals surface area (Å²) in [4.78, 5) is 16.8. The number of nitrogens with one attached hydrogen (secondary N) is 1. The molecule has 0 bridgehead atoms. The van der Waals surface area contributed by atoms with E-state index in [4.69, 9.17) is 4.74 Å². The van der Waals surface area contributed by atoms with Crippen molar-refractivity contribution < 1.29 is 41.3 Å². The topological polar surface area (TPSA) is 80.7 Å². The average molecular weight is 476 g/mol. The highest BCUT2D eigenvalue weighted by atomic mass is 19.4. The largest absolute Gasteiger partial charge is 0.434 e. The minimum Gasteiger partial charge on any atom is -0.434 e. The molecule has 182 valence electrons. The van der Waals surface area contributed by atoms with E-state index in [-0.39, 0.29) is 17.7 Å². The van der Waals surface area contributed by atoms with Crippen LogP contribution in [0.15, 0.2) is 24.4 Å². The molecule has 1 heterocycles. The van der Waals surface area contributed by atoms with Crippen LogP contribution >= 0.6 is 0 Å². The number of carbonyl (C=O) groups is 1. The number of hydrogen-bond donors (Lipinski definition) is 2. The van der Waals surface area contributed by atoms with E-state index in [0.29, 0.717) is 54.6 Å². The van der Waals surface area contributed by atoms with Gasteiger partial charge in [-0.15, -0.1) is 0 Å². The van der Waals surface area contributed by atoms with Gasteiger partial charge in [0.25, 0.3) is 5.91 Å². The van der Waals surface area contributed by atoms with Crippen LogP contribution < -0.4 is 10.1 Å². The van der Waals surface area contributed by atoms with Crippen LogP contribution in [0, 0.1) is 6.92 Å². The molecular weight excluding hydrogens is 451 g/mol. The molecule has 1 amide bonds. The molecule has 1 aliphatic carbocycles. The predicted octanol–water partition coefficient (Wildman–Crippen LogP) is 4.52. The summed E-state index contributed by atoms with van der Waals surface area (Å²) in [5.41, 5.74) is -1.74. The standard InChI is InChI=1S/C22H25F5N2O4/c1-12-7-13-8-14(10-28-17(13)9-18(12)33-20(23)24)19(30)29-15-3-5-16(6-4-15)32-11-21(2,31)22(25,26)27/h7-10,15-16,20,31H,3-6,11H2,1-2H3,(H,29,30). The van der Waals surface area contributed by atoms with Crippen molar-refractivity contribution in [1.82, 2.24) is 10.3 Å². The molecule has 0 radical (unpaired) electrons. The van der Waals surface area contributed by atoms with Gasteiger partial charge in [-0.2, -0.15) is 22.0 Å². The van der Waals surface area contributed by atoms with Gasteiger partial charge in [-0.3, -0.25) is 9.78 Å². The quantitative estimate of drug-likeness (QED) is 0.575. The maximum atomic E-state index is 12.7. The number of hydrogen-bond acceptors (Lipinski definition) is 5. The minimum absolute atomic E-state index is 0.0120. The zero-order chi connectivity index (χ0) is 24.4. The van der Waals surface area contributed by atoms with Crippen LogP contribution in [0.1, 0.15) is 48.5 Å². The molecule has 3 rings (SSSR count). The SMILES string of the molecule is Cc1cc2cc(C(=O)NC3CCC(OCC(C)(O)C(F)(F)F)CC3)cnc2cc1OC(F)F. The zero-order valence-corrected chi connectivity index (χ0v) is 18.1. The van der Waals surface area contributed by atoms with Gasteiger partial charge in [0, 0.05) is 23.7 Å². The first-order chi connectivity index (χ1) is 15.4. The summed E-state index contributed by atoms with van der Waals surface area (Å²) in [6.07, 6.45) is -1.95. The molecule has 1 atom stereocenters. The molecule has 6 nitrogen and oxygen atoms in total. The Morgan fingerprint density at radius 2 is 1.88 bits per heavy atom. The Hall–Kier alpha value is -2.53. The number of amides is 1. The van der Waals surface area contributed by atoms with Crippen LogP contribution in [0.3, 0.4) is 0 Å². The van der Waals surface area contributed by atoms with E-state index in [1.54, 1.807) is 19.1 Å². The van der Waals surface area contributed by atoms with E-state index in [2.05, 4.69) is 15.0 Å². The first-order valence-corrected chi connectivity index (χ1v) is 10.4. The van der Waals surface area contributed by atoms with E-state index >= 15 is 0 Å². The number of aryl methyl sites for hydroxylation is 1. The molecule has 11 heteroatoms. The summed E-state index contributed by atoms with van der Waals surface area (Å²) < 4.78 is 72.9. The second kappa shape index (κ2) is 9.76. The van der Waals surface area contributed by atoms with Gasteiger partial charge in [0.15, 0.2) is 5.60 Å². The Morgan fingerprint density at radius 1 is 1.21 bits per heavy atom. The van der Waals surface area contributed by atoms with Crippen molar-refractivity contribution >= 4 is 16.8 Å². The van der Waals surface area contributed by atoms with E-state index in [1.807, 2.05) is 0 Å². The van der Waals surface area contributed by atoms with E-state index in [0.717, 1.165) is 0 Å². The van der Waals surface area contributed by atoms with E-state index in [9.17, 15) is 31.9 Å². The van der Waals surface area contributed by atoms with E-state index in [1.165, 1.54) is 12.3 Å². The van der Waals surface area contributed by atoms with Crippen LogP contribution in [-0.4, -0.2) is 53.1 Å². The summed E-state index contributed by atoms with van der Waals surface area (Å²) in [5.74, 6) is -0.350. The fourth-order valence-electron chi connectivity index (χ4n) is 3.62. The number of fused-ring (bicyclic) bond motifs is 1. The Balaban J connectivity index is 1.55. The number of alkyl halides is 5. The molecule has 1 saturated carbocycles. The Kier molecular flexibility index (Phi) is 7.42. The van der Waals surface area contributed by atoms with Gasteiger partial charge in [-0.05, 0) is 57.2 Å². The Morgan fingerprint density at radius 3 is 2.48 bits per heavy atom. The number of nitrogens with zero attached hydrogens (tertiary/aromatic N) is 1. The predicted molar refractivity (Wildman–Crippen MR) is 109 cm³/mol. The molecule has 1 aromatic carbocycles. The first kappa shape index (κ1) is 25.1. The molecule has 1 fully saturated rings. The lowest BCUT2D eigenvalue weighted by atomic mass is 9.92. The lowest BCUT2D eigenvalue weighted by Gasteiger charge is -2.32. The molecule has 0 spiro atoms. The highest BCUT2D eigenvalue weighted by Gasteiger charge is 2.50. The number of rotatable bonds is 7. The monoisotopic (exact) mass is 476 g/mol. The van der Waals surface area contributed by atoms with Crippen molar-refractivity contribution in [2.24, 2.45) is 0 Å². The van der Waals surface area contributed by atoms with Crippen molar-refractivity contribution in [3.63, 3.8) is 0 Å². The minimum atomic E-state index is -4.78. The number of benzene rings is 1. The summed E-state index contributed by atoms with van der Waals surface area (Å²) >= 11 is 0. The molecule has 1 aliphatic rings. The maximum Gasteiger partial charge on any atom is 0.419 e. The molecule has 1 aromatic heterocycles. The van der Waals surface area contributed by atoms with Crippen LogP contribution in [0.4, 0.5) is 22.0 Å². The maximum absolute atomic E-state index is 12.7. The number of pyridine rings is 1. The molecular formula is C22H25F5N2O4. The van der Waals surface area contributed by atoms with Crippen molar-refractivity contribution in [3.05, 3.63) is 35.5 Å². The third-order valence-corrected chi connectivity index (χ3v) is 5.68. The molecule has 0 aliphatic heterocycles. The van der Waals surface area contributed by atoms with Crippen molar-refractivity contribution in [2.45, 2.75) is 70.1 Å². The second-order valence-electron chi connectivity index (χ2n) is 8.44. The number of carbonyl (C=O) groups excluding carboxylic acids is 1. The first-order valence-electron chi connectivity index (χ1n) is 10.4. The fourth-order valence-corrected chi connectivity index (χ4v) is 3.62.